The first-order valence-electron chi connectivity index (χ1n) is 6.88. The van der Waals surface area contributed by atoms with Crippen molar-refractivity contribution in [2.45, 2.75) is 6.42 Å². The highest BCUT2D eigenvalue weighted by atomic mass is 19.1. The molecular weight excluding hydrogens is 285 g/mol. The molecule has 3 aromatic rings. The van der Waals surface area contributed by atoms with Gasteiger partial charge in [0.1, 0.15) is 11.5 Å². The van der Waals surface area contributed by atoms with Gasteiger partial charge in [-0.2, -0.15) is 0 Å². The summed E-state index contributed by atoms with van der Waals surface area (Å²) in [6, 6.07) is 11.5. The molecule has 0 unspecified atom stereocenters. The van der Waals surface area contributed by atoms with E-state index in [2.05, 4.69) is 10.3 Å². The van der Waals surface area contributed by atoms with Gasteiger partial charge in [-0.1, -0.05) is 18.2 Å². The summed E-state index contributed by atoms with van der Waals surface area (Å²) in [4.78, 5) is 13.5. The van der Waals surface area contributed by atoms with Crippen molar-refractivity contribution >= 4 is 22.3 Å². The van der Waals surface area contributed by atoms with Crippen molar-refractivity contribution in [3.8, 4) is 0 Å². The lowest BCUT2D eigenvalue weighted by Crippen LogP contribution is -2.07. The van der Waals surface area contributed by atoms with Crippen molar-refractivity contribution < 1.29 is 9.31 Å². The first kappa shape index (κ1) is 14.1. The van der Waals surface area contributed by atoms with Crippen LogP contribution in [0.2, 0.25) is 0 Å². The number of hydrogen-bond acceptors (Lipinski definition) is 3. The number of anilines is 1. The van der Waals surface area contributed by atoms with E-state index in [9.17, 15) is 14.5 Å². The zero-order valence-corrected chi connectivity index (χ0v) is 11.7. The normalized spacial score (nSPS) is 10.8. The standard InChI is InChI=1S/C16H14FN3O2/c17-12-5-6-15(16(9-12)20(21)22)18-8-7-11-10-19-14-4-2-1-3-13(11)14/h1-6,9-10,18-19H,7-8H2. The minimum Gasteiger partial charge on any atom is -0.379 e. The molecule has 2 aromatic carbocycles. The van der Waals surface area contributed by atoms with E-state index >= 15 is 0 Å². The molecule has 0 bridgehead atoms. The molecule has 22 heavy (non-hydrogen) atoms. The van der Waals surface area contributed by atoms with Gasteiger partial charge in [-0.05, 0) is 30.2 Å². The van der Waals surface area contributed by atoms with Gasteiger partial charge in [0.05, 0.1) is 11.0 Å². The van der Waals surface area contributed by atoms with E-state index in [1.165, 1.54) is 12.1 Å². The van der Waals surface area contributed by atoms with Crippen LogP contribution in [-0.2, 0) is 6.42 Å². The van der Waals surface area contributed by atoms with Crippen molar-refractivity contribution in [3.05, 3.63) is 70.2 Å². The van der Waals surface area contributed by atoms with E-state index in [0.717, 1.165) is 22.5 Å². The van der Waals surface area contributed by atoms with Crippen LogP contribution in [-0.4, -0.2) is 16.5 Å². The fraction of sp³-hybridized carbons (Fsp3) is 0.125. The van der Waals surface area contributed by atoms with E-state index in [-0.39, 0.29) is 5.69 Å². The Morgan fingerprint density at radius 1 is 1.23 bits per heavy atom. The Morgan fingerprint density at radius 3 is 2.86 bits per heavy atom. The summed E-state index contributed by atoms with van der Waals surface area (Å²) < 4.78 is 13.1. The number of benzene rings is 2. The lowest BCUT2D eigenvalue weighted by Gasteiger charge is -2.06. The van der Waals surface area contributed by atoms with Gasteiger partial charge in [0.25, 0.3) is 5.69 Å². The van der Waals surface area contributed by atoms with E-state index in [1.807, 2.05) is 30.5 Å². The number of rotatable bonds is 5. The lowest BCUT2D eigenvalue weighted by molar-refractivity contribution is -0.384. The van der Waals surface area contributed by atoms with E-state index in [1.54, 1.807) is 0 Å². The number of nitro groups is 1. The quantitative estimate of drug-likeness (QED) is 0.555. The first-order valence-corrected chi connectivity index (χ1v) is 6.88. The third-order valence-electron chi connectivity index (χ3n) is 3.54. The van der Waals surface area contributed by atoms with E-state index < -0.39 is 10.7 Å². The molecule has 0 aliphatic heterocycles. The number of nitrogens with zero attached hydrogens (tertiary/aromatic N) is 1. The van der Waals surface area contributed by atoms with Crippen LogP contribution < -0.4 is 5.32 Å². The molecule has 5 nitrogen and oxygen atoms in total. The van der Waals surface area contributed by atoms with E-state index in [0.29, 0.717) is 18.7 Å². The van der Waals surface area contributed by atoms with Crippen LogP contribution in [0.15, 0.2) is 48.7 Å². The monoisotopic (exact) mass is 299 g/mol. The highest BCUT2D eigenvalue weighted by Gasteiger charge is 2.14. The summed E-state index contributed by atoms with van der Waals surface area (Å²) in [6.07, 6.45) is 2.64. The van der Waals surface area contributed by atoms with Gasteiger partial charge in [0.2, 0.25) is 0 Å². The van der Waals surface area contributed by atoms with Gasteiger partial charge in [-0.15, -0.1) is 0 Å². The number of H-pyrrole nitrogens is 1. The Morgan fingerprint density at radius 2 is 2.05 bits per heavy atom. The number of aromatic nitrogens is 1. The predicted molar refractivity (Wildman–Crippen MR) is 83.5 cm³/mol. The van der Waals surface area contributed by atoms with Gasteiger partial charge in [-0.25, -0.2) is 4.39 Å². The molecular formula is C16H14FN3O2. The number of nitro benzene ring substituents is 1. The molecule has 0 aliphatic rings. The van der Waals surface area contributed by atoms with Gasteiger partial charge < -0.3 is 10.3 Å². The van der Waals surface area contributed by atoms with Gasteiger partial charge in [0.15, 0.2) is 0 Å². The Bertz CT molecular complexity index is 829. The minimum atomic E-state index is -0.617. The molecule has 3 rings (SSSR count). The number of para-hydroxylation sites is 1. The number of aromatic amines is 1. The molecule has 6 heteroatoms. The van der Waals surface area contributed by atoms with Crippen LogP contribution in [0.5, 0.6) is 0 Å². The Labute approximate surface area is 125 Å². The molecule has 2 N–H and O–H groups in total. The topological polar surface area (TPSA) is 71.0 Å². The maximum absolute atomic E-state index is 13.1. The predicted octanol–water partition coefficient (Wildman–Crippen LogP) is 3.87. The van der Waals surface area contributed by atoms with Crippen LogP contribution in [0.3, 0.4) is 0 Å². The maximum atomic E-state index is 13.1. The third kappa shape index (κ3) is 2.76. The summed E-state index contributed by atoms with van der Waals surface area (Å²) in [5.41, 5.74) is 2.27. The van der Waals surface area contributed by atoms with Crippen molar-refractivity contribution in [1.29, 1.82) is 0 Å². The van der Waals surface area contributed by atoms with Crippen LogP contribution in [0, 0.1) is 15.9 Å². The number of nitrogens with one attached hydrogen (secondary N) is 2. The molecule has 0 amide bonds. The van der Waals surface area contributed by atoms with Crippen LogP contribution in [0.4, 0.5) is 15.8 Å². The van der Waals surface area contributed by atoms with E-state index in [4.69, 9.17) is 0 Å². The Balaban J connectivity index is 1.72. The summed E-state index contributed by atoms with van der Waals surface area (Å²) in [5, 5.41) is 15.1. The Kier molecular flexibility index (Phi) is 3.74. The van der Waals surface area contributed by atoms with Crippen LogP contribution in [0.25, 0.3) is 10.9 Å². The number of fused-ring (bicyclic) bond motifs is 1. The average Bonchev–Trinajstić information content (AvgIpc) is 2.92. The molecule has 0 atom stereocenters. The second-order valence-corrected chi connectivity index (χ2v) is 4.95. The largest absolute Gasteiger partial charge is 0.379 e. The minimum absolute atomic E-state index is 0.251. The second kappa shape index (κ2) is 5.85. The highest BCUT2D eigenvalue weighted by molar-refractivity contribution is 5.83. The van der Waals surface area contributed by atoms with Crippen molar-refractivity contribution in [3.63, 3.8) is 0 Å². The zero-order valence-electron chi connectivity index (χ0n) is 11.7. The maximum Gasteiger partial charge on any atom is 0.295 e. The fourth-order valence-corrected chi connectivity index (χ4v) is 2.48. The van der Waals surface area contributed by atoms with Gasteiger partial charge >= 0.3 is 0 Å². The molecule has 1 heterocycles. The third-order valence-corrected chi connectivity index (χ3v) is 3.54. The van der Waals surface area contributed by atoms with Crippen molar-refractivity contribution in [2.75, 3.05) is 11.9 Å². The molecule has 0 aliphatic carbocycles. The van der Waals surface area contributed by atoms with Crippen molar-refractivity contribution in [1.82, 2.24) is 4.98 Å². The molecule has 0 spiro atoms. The summed E-state index contributed by atoms with van der Waals surface area (Å²) >= 11 is 0. The zero-order chi connectivity index (χ0) is 15.5. The summed E-state index contributed by atoms with van der Waals surface area (Å²) in [6.45, 7) is 0.522. The molecule has 0 radical (unpaired) electrons. The van der Waals surface area contributed by atoms with Gasteiger partial charge in [0, 0.05) is 23.6 Å². The number of halogens is 1. The SMILES string of the molecule is O=[N+]([O-])c1cc(F)ccc1NCCc1c[nH]c2ccccc12. The van der Waals surface area contributed by atoms with Crippen LogP contribution in [0.1, 0.15) is 5.56 Å². The fourth-order valence-electron chi connectivity index (χ4n) is 2.48. The smallest absolute Gasteiger partial charge is 0.295 e. The lowest BCUT2D eigenvalue weighted by atomic mass is 10.1. The molecule has 0 saturated carbocycles. The summed E-state index contributed by atoms with van der Waals surface area (Å²) in [5.74, 6) is -0.617. The molecule has 112 valence electrons. The van der Waals surface area contributed by atoms with Crippen molar-refractivity contribution in [2.24, 2.45) is 0 Å². The molecule has 0 saturated heterocycles. The van der Waals surface area contributed by atoms with Crippen LogP contribution >= 0.6 is 0 Å². The second-order valence-electron chi connectivity index (χ2n) is 4.95. The Hall–Kier alpha value is -2.89. The highest BCUT2D eigenvalue weighted by Crippen LogP contribution is 2.25. The van der Waals surface area contributed by atoms with Gasteiger partial charge in [-0.3, -0.25) is 10.1 Å². The average molecular weight is 299 g/mol. The number of hydrogen-bond donors (Lipinski definition) is 2. The first-order chi connectivity index (χ1) is 10.6. The molecule has 0 fully saturated rings. The molecule has 1 aromatic heterocycles. The summed E-state index contributed by atoms with van der Waals surface area (Å²) in [7, 11) is 0.